The molecular weight excluding hydrogens is 352 g/mol. The van der Waals surface area contributed by atoms with E-state index in [1.165, 1.54) is 0 Å². The molecule has 6 nitrogen and oxygen atoms in total. The fraction of sp³-hybridized carbons (Fsp3) is 0.318. The lowest BCUT2D eigenvalue weighted by Crippen LogP contribution is -2.25. The molecule has 0 atom stereocenters. The number of amides is 1. The quantitative estimate of drug-likeness (QED) is 0.589. The highest BCUT2D eigenvalue weighted by Crippen LogP contribution is 2.21. The van der Waals surface area contributed by atoms with E-state index in [0.717, 1.165) is 35.6 Å². The van der Waals surface area contributed by atoms with Crippen LogP contribution >= 0.6 is 0 Å². The molecular formula is C22H26N4O2. The van der Waals surface area contributed by atoms with Crippen molar-refractivity contribution < 1.29 is 9.90 Å². The molecule has 146 valence electrons. The highest BCUT2D eigenvalue weighted by molar-refractivity contribution is 5.94. The molecule has 0 saturated heterocycles. The number of nitrogens with one attached hydrogen (secondary N) is 1. The number of rotatable bonds is 8. The molecule has 0 fully saturated rings. The van der Waals surface area contributed by atoms with Gasteiger partial charge in [-0.25, -0.2) is 4.98 Å². The SMILES string of the molecule is CC(C)c1nccn1CCCNC(=O)c1ccc(-c2ccccc2CO)nc1. The van der Waals surface area contributed by atoms with Crippen LogP contribution in [0.5, 0.6) is 0 Å². The number of hydrogen-bond acceptors (Lipinski definition) is 4. The first-order valence-electron chi connectivity index (χ1n) is 9.54. The minimum absolute atomic E-state index is 0.0461. The Bertz CT molecular complexity index is 916. The molecule has 6 heteroatoms. The number of aromatic nitrogens is 3. The smallest absolute Gasteiger partial charge is 0.252 e. The van der Waals surface area contributed by atoms with Gasteiger partial charge >= 0.3 is 0 Å². The van der Waals surface area contributed by atoms with Crippen LogP contribution in [0, 0.1) is 0 Å². The fourth-order valence-electron chi connectivity index (χ4n) is 3.16. The summed E-state index contributed by atoms with van der Waals surface area (Å²) in [6.07, 6.45) is 6.20. The predicted octanol–water partition coefficient (Wildman–Crippen LogP) is 3.38. The number of imidazole rings is 1. The van der Waals surface area contributed by atoms with Crippen molar-refractivity contribution in [1.29, 1.82) is 0 Å². The van der Waals surface area contributed by atoms with E-state index in [4.69, 9.17) is 0 Å². The summed E-state index contributed by atoms with van der Waals surface area (Å²) in [5, 5.41) is 12.4. The standard InChI is InChI=1S/C22H26N4O2/c1-16(2)21-23-11-13-26(21)12-5-10-24-22(28)17-8-9-20(25-14-17)19-7-4-3-6-18(19)15-27/h3-4,6-9,11,13-14,16,27H,5,10,12,15H2,1-2H3,(H,24,28). The van der Waals surface area contributed by atoms with Crippen molar-refractivity contribution in [1.82, 2.24) is 19.9 Å². The Morgan fingerprint density at radius 2 is 2.00 bits per heavy atom. The first-order valence-corrected chi connectivity index (χ1v) is 9.54. The van der Waals surface area contributed by atoms with E-state index in [0.29, 0.717) is 18.0 Å². The summed E-state index contributed by atoms with van der Waals surface area (Å²) >= 11 is 0. The lowest BCUT2D eigenvalue weighted by molar-refractivity contribution is 0.0952. The van der Waals surface area contributed by atoms with Gasteiger partial charge < -0.3 is 15.0 Å². The van der Waals surface area contributed by atoms with Crippen LogP contribution in [-0.2, 0) is 13.2 Å². The molecule has 0 aliphatic heterocycles. The third-order valence-corrected chi connectivity index (χ3v) is 4.61. The second-order valence-electron chi connectivity index (χ2n) is 6.99. The van der Waals surface area contributed by atoms with Crippen LogP contribution in [-0.4, -0.2) is 32.1 Å². The second-order valence-corrected chi connectivity index (χ2v) is 6.99. The van der Waals surface area contributed by atoms with Gasteiger partial charge in [-0.3, -0.25) is 9.78 Å². The summed E-state index contributed by atoms with van der Waals surface area (Å²) < 4.78 is 2.13. The number of aryl methyl sites for hydroxylation is 1. The highest BCUT2D eigenvalue weighted by Gasteiger charge is 2.10. The Balaban J connectivity index is 1.54. The maximum absolute atomic E-state index is 12.3. The zero-order valence-electron chi connectivity index (χ0n) is 16.3. The van der Waals surface area contributed by atoms with E-state index < -0.39 is 0 Å². The topological polar surface area (TPSA) is 80.0 Å². The van der Waals surface area contributed by atoms with E-state index in [1.807, 2.05) is 42.7 Å². The number of nitrogens with zero attached hydrogens (tertiary/aromatic N) is 3. The van der Waals surface area contributed by atoms with E-state index in [-0.39, 0.29) is 12.5 Å². The van der Waals surface area contributed by atoms with Crippen molar-refractivity contribution in [2.45, 2.75) is 39.3 Å². The van der Waals surface area contributed by atoms with Crippen LogP contribution in [0.2, 0.25) is 0 Å². The number of aliphatic hydroxyl groups excluding tert-OH is 1. The molecule has 0 saturated carbocycles. The number of aliphatic hydroxyl groups is 1. The average Bonchev–Trinajstić information content (AvgIpc) is 3.20. The fourth-order valence-corrected chi connectivity index (χ4v) is 3.16. The lowest BCUT2D eigenvalue weighted by atomic mass is 10.0. The van der Waals surface area contributed by atoms with Crippen molar-refractivity contribution >= 4 is 5.91 Å². The van der Waals surface area contributed by atoms with Gasteiger partial charge in [0, 0.05) is 43.2 Å². The molecule has 2 N–H and O–H groups in total. The summed E-state index contributed by atoms with van der Waals surface area (Å²) in [4.78, 5) is 21.1. The average molecular weight is 378 g/mol. The third-order valence-electron chi connectivity index (χ3n) is 4.61. The molecule has 0 aliphatic rings. The summed E-state index contributed by atoms with van der Waals surface area (Å²) in [7, 11) is 0. The van der Waals surface area contributed by atoms with E-state index in [2.05, 4.69) is 33.7 Å². The summed E-state index contributed by atoms with van der Waals surface area (Å²) in [6.45, 7) is 5.61. The van der Waals surface area contributed by atoms with Gasteiger partial charge in [0.15, 0.2) is 0 Å². The molecule has 3 rings (SSSR count). The number of hydrogen-bond donors (Lipinski definition) is 2. The van der Waals surface area contributed by atoms with Crippen molar-refractivity contribution in [3.8, 4) is 11.3 Å². The predicted molar refractivity (Wildman–Crippen MR) is 109 cm³/mol. The Hall–Kier alpha value is -2.99. The van der Waals surface area contributed by atoms with Crippen LogP contribution < -0.4 is 5.32 Å². The maximum atomic E-state index is 12.3. The van der Waals surface area contributed by atoms with Gasteiger partial charge in [0.25, 0.3) is 5.91 Å². The summed E-state index contributed by atoms with van der Waals surface area (Å²) in [5.74, 6) is 1.31. The van der Waals surface area contributed by atoms with Crippen molar-refractivity contribution in [2.75, 3.05) is 6.54 Å². The molecule has 2 heterocycles. The number of carbonyl (C=O) groups excluding carboxylic acids is 1. The zero-order valence-corrected chi connectivity index (χ0v) is 16.3. The van der Waals surface area contributed by atoms with Gasteiger partial charge in [0.2, 0.25) is 0 Å². The van der Waals surface area contributed by atoms with Gasteiger partial charge in [0.1, 0.15) is 5.82 Å². The first-order chi connectivity index (χ1) is 13.6. The molecule has 0 spiro atoms. The second kappa shape index (κ2) is 9.28. The lowest BCUT2D eigenvalue weighted by Gasteiger charge is -2.11. The van der Waals surface area contributed by atoms with Gasteiger partial charge in [-0.1, -0.05) is 38.1 Å². The third kappa shape index (κ3) is 4.64. The summed E-state index contributed by atoms with van der Waals surface area (Å²) in [6, 6.07) is 11.1. The number of pyridine rings is 1. The Morgan fingerprint density at radius 1 is 1.18 bits per heavy atom. The Labute approximate surface area is 165 Å². The van der Waals surface area contributed by atoms with Crippen LogP contribution in [0.4, 0.5) is 0 Å². The molecule has 0 radical (unpaired) electrons. The molecule has 0 bridgehead atoms. The summed E-state index contributed by atoms with van der Waals surface area (Å²) in [5.41, 5.74) is 2.95. The zero-order chi connectivity index (χ0) is 19.9. The van der Waals surface area contributed by atoms with Gasteiger partial charge in [-0.15, -0.1) is 0 Å². The van der Waals surface area contributed by atoms with Crippen LogP contribution in [0.15, 0.2) is 55.0 Å². The largest absolute Gasteiger partial charge is 0.392 e. The molecule has 3 aromatic rings. The number of benzene rings is 1. The minimum Gasteiger partial charge on any atom is -0.392 e. The van der Waals surface area contributed by atoms with Gasteiger partial charge in [0.05, 0.1) is 17.9 Å². The monoisotopic (exact) mass is 378 g/mol. The first kappa shape index (κ1) is 19.8. The maximum Gasteiger partial charge on any atom is 0.252 e. The van der Waals surface area contributed by atoms with Crippen molar-refractivity contribution in [2.24, 2.45) is 0 Å². The molecule has 28 heavy (non-hydrogen) atoms. The molecule has 0 aliphatic carbocycles. The van der Waals surface area contributed by atoms with Gasteiger partial charge in [-0.05, 0) is 24.1 Å². The van der Waals surface area contributed by atoms with Crippen LogP contribution in [0.3, 0.4) is 0 Å². The normalized spacial score (nSPS) is 11.0. The molecule has 2 aromatic heterocycles. The van der Waals surface area contributed by atoms with E-state index in [9.17, 15) is 9.90 Å². The van der Waals surface area contributed by atoms with E-state index in [1.54, 1.807) is 12.3 Å². The highest BCUT2D eigenvalue weighted by atomic mass is 16.3. The van der Waals surface area contributed by atoms with Crippen molar-refractivity contribution in [3.63, 3.8) is 0 Å². The molecule has 0 unspecified atom stereocenters. The Kier molecular flexibility index (Phi) is 6.55. The van der Waals surface area contributed by atoms with Crippen molar-refractivity contribution in [3.05, 3.63) is 71.9 Å². The van der Waals surface area contributed by atoms with Crippen LogP contribution in [0.25, 0.3) is 11.3 Å². The van der Waals surface area contributed by atoms with E-state index >= 15 is 0 Å². The molecule has 1 amide bonds. The van der Waals surface area contributed by atoms with Gasteiger partial charge in [-0.2, -0.15) is 0 Å². The Morgan fingerprint density at radius 3 is 2.71 bits per heavy atom. The molecule has 1 aromatic carbocycles. The number of carbonyl (C=O) groups is 1. The minimum atomic E-state index is -0.135. The van der Waals surface area contributed by atoms with Crippen LogP contribution in [0.1, 0.15) is 47.9 Å².